The summed E-state index contributed by atoms with van der Waals surface area (Å²) in [6.07, 6.45) is 13.3. The molecule has 0 N–H and O–H groups in total. The van der Waals surface area contributed by atoms with E-state index in [2.05, 4.69) is 0 Å². The fourth-order valence-electron chi connectivity index (χ4n) is 11.4. The summed E-state index contributed by atoms with van der Waals surface area (Å²) >= 11 is -5.52. The Morgan fingerprint density at radius 1 is 0.408 bits per heavy atom. The molecule has 6 rings (SSSR count). The van der Waals surface area contributed by atoms with Gasteiger partial charge in [-0.25, -0.2) is 0 Å². The number of fused-ring (bicyclic) bond motifs is 10. The fraction of sp³-hybridized carbons (Fsp3) is 1.00. The minimum absolute atomic E-state index is 0.313. The van der Waals surface area contributed by atoms with Gasteiger partial charge in [-0.05, 0) is 84.0 Å². The second-order valence-corrected chi connectivity index (χ2v) is 27.1. The molecule has 12 heteroatoms. The van der Waals surface area contributed by atoms with Gasteiger partial charge >= 0.3 is 0 Å². The predicted octanol–water partition coefficient (Wildman–Crippen LogP) is 5.43. The summed E-state index contributed by atoms with van der Waals surface area (Å²) in [5.74, 6) is 12.2. The van der Waals surface area contributed by atoms with Crippen LogP contribution in [-0.4, -0.2) is 96.4 Å². The van der Waals surface area contributed by atoms with Crippen LogP contribution in [0.15, 0.2) is 0 Å². The highest BCUT2D eigenvalue weighted by molar-refractivity contribution is 7.92. The third-order valence-corrected chi connectivity index (χ3v) is 22.8. The molecule has 10 unspecified atom stereocenters. The van der Waals surface area contributed by atoms with Gasteiger partial charge in [-0.15, -0.1) is 0 Å². The van der Waals surface area contributed by atoms with Crippen LogP contribution >= 0.6 is 0 Å². The summed E-state index contributed by atoms with van der Waals surface area (Å²) in [6.45, 7) is 1.99. The molecule has 2 saturated heterocycles. The van der Waals surface area contributed by atoms with Crippen molar-refractivity contribution in [1.29, 1.82) is 0 Å². The summed E-state index contributed by atoms with van der Waals surface area (Å²) in [5.41, 5.74) is 0. The van der Waals surface area contributed by atoms with Gasteiger partial charge in [-0.3, -0.25) is 0 Å². The zero-order valence-corrected chi connectivity index (χ0v) is 34.8. The maximum absolute atomic E-state index is 13.9. The van der Waals surface area contributed by atoms with E-state index in [1.54, 1.807) is 0 Å². The van der Waals surface area contributed by atoms with E-state index in [-0.39, 0.29) is 0 Å². The van der Waals surface area contributed by atoms with Crippen molar-refractivity contribution in [2.45, 2.75) is 90.4 Å². The van der Waals surface area contributed by atoms with Gasteiger partial charge in [0.15, 0.2) is 0 Å². The molecule has 6 aliphatic rings. The van der Waals surface area contributed by atoms with Crippen LogP contribution in [-0.2, 0) is 67.1 Å². The molecular formula is C37H64O6S6. The number of hydrogen-bond acceptors (Lipinski definition) is 6. The van der Waals surface area contributed by atoms with E-state index in [4.69, 9.17) is 0 Å². The molecule has 17 atom stereocenters. The smallest absolute Gasteiger partial charge is 0.108 e. The first-order valence-corrected chi connectivity index (χ1v) is 28.6. The average Bonchev–Trinajstić information content (AvgIpc) is 2.99. The largest absolute Gasteiger partial charge is 0.616 e. The molecule has 4 aliphatic carbocycles. The van der Waals surface area contributed by atoms with Crippen LogP contribution in [0, 0.1) is 65.1 Å². The van der Waals surface area contributed by atoms with Crippen molar-refractivity contribution in [3.05, 3.63) is 0 Å². The summed E-state index contributed by atoms with van der Waals surface area (Å²) in [7, 11) is 0. The summed E-state index contributed by atoms with van der Waals surface area (Å²) in [6, 6.07) is 0. The second kappa shape index (κ2) is 19.6. The second-order valence-electron chi connectivity index (χ2n) is 17.6. The van der Waals surface area contributed by atoms with E-state index in [0.717, 1.165) is 95.0 Å². The standard InChI is InChI=1S/C37H64O6S6/c1-2-44(38)18-29-7-30-9-31(8-29)22-48(42)24-35-11-33-13-37(15-35)26-49(43)25-36-12-32(10-34(14-36)23-47(41)21-30)19-45(39)16-27-4-3-5-28(6-27)17-46(40)20-33/h27-37H,2-26H2,1H3/t27-,28?,29?,30+,31?,32-,33+,34+,35-,36?,37?,44?,45?,46?,47?,48?,49-/m0/s1. The Bertz CT molecular complexity index is 935. The Labute approximate surface area is 316 Å². The van der Waals surface area contributed by atoms with Crippen molar-refractivity contribution in [2.24, 2.45) is 65.1 Å². The Hall–Kier alpha value is 1.86. The van der Waals surface area contributed by atoms with Crippen LogP contribution in [0.25, 0.3) is 0 Å². The Morgan fingerprint density at radius 2 is 0.653 bits per heavy atom. The lowest BCUT2D eigenvalue weighted by molar-refractivity contribution is 0.226. The molecule has 49 heavy (non-hydrogen) atoms. The lowest BCUT2D eigenvalue weighted by Crippen LogP contribution is -2.40. The normalized spacial score (nSPS) is 48.6. The van der Waals surface area contributed by atoms with E-state index in [1.807, 2.05) is 6.92 Å². The molecule has 4 saturated carbocycles. The zero-order valence-electron chi connectivity index (χ0n) is 29.9. The molecule has 6 nitrogen and oxygen atoms in total. The molecule has 2 heterocycles. The maximum Gasteiger partial charge on any atom is 0.108 e. The molecule has 0 aromatic heterocycles. The Morgan fingerprint density at radius 3 is 0.939 bits per heavy atom. The highest BCUT2D eigenvalue weighted by Gasteiger charge is 2.42. The molecule has 2 aliphatic heterocycles. The Kier molecular flexibility index (Phi) is 16.2. The first kappa shape index (κ1) is 40.5. The molecule has 284 valence electrons. The molecule has 0 amide bonds. The van der Waals surface area contributed by atoms with E-state index < -0.39 is 67.1 Å². The van der Waals surface area contributed by atoms with Gasteiger partial charge < -0.3 is 27.3 Å². The molecule has 0 radical (unpaired) electrons. The highest BCUT2D eigenvalue weighted by atomic mass is 32.2. The van der Waals surface area contributed by atoms with Crippen LogP contribution in [0.4, 0.5) is 0 Å². The van der Waals surface area contributed by atoms with E-state index >= 15 is 0 Å². The summed E-state index contributed by atoms with van der Waals surface area (Å²) in [5, 5.41) is 0. The predicted molar refractivity (Wildman–Crippen MR) is 211 cm³/mol. The van der Waals surface area contributed by atoms with Gasteiger partial charge in [-0.2, -0.15) is 0 Å². The zero-order chi connectivity index (χ0) is 34.5. The van der Waals surface area contributed by atoms with Gasteiger partial charge in [0.25, 0.3) is 0 Å². The molecule has 0 aromatic rings. The average molecular weight is 797 g/mol. The molecule has 0 spiro atoms. The van der Waals surface area contributed by atoms with E-state index in [0.29, 0.717) is 123 Å². The third kappa shape index (κ3) is 13.0. The lowest BCUT2D eigenvalue weighted by Gasteiger charge is -2.39. The minimum Gasteiger partial charge on any atom is -0.616 e. The van der Waals surface area contributed by atoms with Crippen molar-refractivity contribution in [3.63, 3.8) is 0 Å². The van der Waals surface area contributed by atoms with Crippen molar-refractivity contribution >= 4 is 67.1 Å². The van der Waals surface area contributed by atoms with Crippen LogP contribution in [0.3, 0.4) is 0 Å². The first-order valence-electron chi connectivity index (χ1n) is 19.6. The van der Waals surface area contributed by atoms with Crippen LogP contribution in [0.5, 0.6) is 0 Å². The van der Waals surface area contributed by atoms with Crippen molar-refractivity contribution in [2.75, 3.05) is 69.0 Å². The fourth-order valence-corrected chi connectivity index (χ4v) is 21.1. The Balaban J connectivity index is 1.26. The number of rotatable bonds is 3. The third-order valence-electron chi connectivity index (χ3n) is 12.9. The lowest BCUT2D eigenvalue weighted by atomic mass is 9.77. The SMILES string of the molecule is CC[S+]([O-])CC1CC2C[C@@H](C1)C[S+]([O-])C[C@H]1CC3C[C@H](C1)C[S+]([O-])C[C@H]1CCCC(C1)C[S+]([O-])C[C@H]1CC(C[C@H](C1)C[S+]([O-])C2)C[S@@+]([O-])C3. The van der Waals surface area contributed by atoms with Crippen LogP contribution in [0.2, 0.25) is 0 Å². The van der Waals surface area contributed by atoms with Crippen LogP contribution in [0.1, 0.15) is 90.4 Å². The highest BCUT2D eigenvalue weighted by Crippen LogP contribution is 2.42. The van der Waals surface area contributed by atoms with Gasteiger partial charge in [0.2, 0.25) is 0 Å². The molecule has 10 bridgehead atoms. The summed E-state index contributed by atoms with van der Waals surface area (Å²) in [4.78, 5) is 0. The number of hydrogen-bond donors (Lipinski definition) is 0. The topological polar surface area (TPSA) is 138 Å². The molecule has 0 aromatic carbocycles. The monoisotopic (exact) mass is 796 g/mol. The van der Waals surface area contributed by atoms with Gasteiger partial charge in [0.1, 0.15) is 69.0 Å². The minimum atomic E-state index is -0.965. The van der Waals surface area contributed by atoms with E-state index in [1.165, 1.54) is 0 Å². The van der Waals surface area contributed by atoms with Gasteiger partial charge in [0.05, 0.1) is 0 Å². The first-order chi connectivity index (χ1) is 23.5. The quantitative estimate of drug-likeness (QED) is 0.350. The van der Waals surface area contributed by atoms with Crippen molar-refractivity contribution < 1.29 is 27.3 Å². The molecular weight excluding hydrogens is 733 g/mol. The van der Waals surface area contributed by atoms with Crippen molar-refractivity contribution in [1.82, 2.24) is 0 Å². The summed E-state index contributed by atoms with van der Waals surface area (Å²) < 4.78 is 81.6. The van der Waals surface area contributed by atoms with Gasteiger partial charge in [0, 0.05) is 65.1 Å². The van der Waals surface area contributed by atoms with Gasteiger partial charge in [-0.1, -0.05) is 73.5 Å². The van der Waals surface area contributed by atoms with Crippen LogP contribution < -0.4 is 0 Å². The van der Waals surface area contributed by atoms with E-state index in [9.17, 15) is 27.3 Å². The van der Waals surface area contributed by atoms with Crippen molar-refractivity contribution in [3.8, 4) is 0 Å². The maximum atomic E-state index is 13.9. The molecule has 6 fully saturated rings.